The van der Waals surface area contributed by atoms with Crippen LogP contribution in [-0.4, -0.2) is 0 Å². The molecule has 82 valence electrons. The Bertz CT molecular complexity index is 518. The molecule has 2 aromatic rings. The zero-order valence-corrected chi connectivity index (χ0v) is 9.56. The predicted molar refractivity (Wildman–Crippen MR) is 59.5 cm³/mol. The molecule has 0 saturated carbocycles. The van der Waals surface area contributed by atoms with Crippen molar-refractivity contribution in [2.24, 2.45) is 0 Å². The minimum atomic E-state index is -0.674. The minimum Gasteiger partial charge on any atom is -0.207 e. The van der Waals surface area contributed by atoms with Gasteiger partial charge in [0.25, 0.3) is 0 Å². The number of benzene rings is 2. The van der Waals surface area contributed by atoms with Crippen LogP contribution < -0.4 is 0 Å². The van der Waals surface area contributed by atoms with Crippen molar-refractivity contribution in [1.82, 2.24) is 0 Å². The highest BCUT2D eigenvalue weighted by Gasteiger charge is 2.13. The van der Waals surface area contributed by atoms with E-state index in [0.29, 0.717) is 4.47 Å². The molecule has 0 atom stereocenters. The van der Waals surface area contributed by atoms with Gasteiger partial charge in [-0.15, -0.1) is 0 Å². The summed E-state index contributed by atoms with van der Waals surface area (Å²) in [6.45, 7) is 0. The highest BCUT2D eigenvalue weighted by atomic mass is 79.9. The SMILES string of the molecule is Fc1ccc(-c2c(F)cccc2F)c(Br)c1. The number of halogens is 4. The van der Waals surface area contributed by atoms with Gasteiger partial charge in [-0.05, 0) is 24.3 Å². The molecule has 2 rings (SSSR count). The second kappa shape index (κ2) is 4.29. The van der Waals surface area contributed by atoms with Crippen molar-refractivity contribution in [3.8, 4) is 11.1 Å². The normalized spacial score (nSPS) is 10.5. The van der Waals surface area contributed by atoms with Crippen LogP contribution in [0, 0.1) is 17.5 Å². The summed E-state index contributed by atoms with van der Waals surface area (Å²) in [5.41, 5.74) is 0.131. The molecule has 0 aliphatic heterocycles. The maximum absolute atomic E-state index is 13.5. The van der Waals surface area contributed by atoms with Gasteiger partial charge in [-0.1, -0.05) is 28.1 Å². The van der Waals surface area contributed by atoms with Gasteiger partial charge < -0.3 is 0 Å². The first-order valence-electron chi connectivity index (χ1n) is 4.49. The van der Waals surface area contributed by atoms with Crippen molar-refractivity contribution in [3.63, 3.8) is 0 Å². The monoisotopic (exact) mass is 286 g/mol. The summed E-state index contributed by atoms with van der Waals surface area (Å²) in [5, 5.41) is 0. The van der Waals surface area contributed by atoms with Crippen LogP contribution in [0.1, 0.15) is 0 Å². The maximum atomic E-state index is 13.5. The van der Waals surface area contributed by atoms with Crippen LogP contribution in [-0.2, 0) is 0 Å². The molecule has 0 fully saturated rings. The molecule has 0 unspecified atom stereocenters. The number of rotatable bonds is 1. The lowest BCUT2D eigenvalue weighted by atomic mass is 10.0. The average Bonchev–Trinajstić information content (AvgIpc) is 2.20. The molecule has 16 heavy (non-hydrogen) atoms. The Kier molecular flexibility index (Phi) is 3.01. The first-order chi connectivity index (χ1) is 7.59. The fourth-order valence-corrected chi connectivity index (χ4v) is 2.00. The molecule has 0 N–H and O–H groups in total. The van der Waals surface area contributed by atoms with Gasteiger partial charge in [0.15, 0.2) is 0 Å². The van der Waals surface area contributed by atoms with Crippen molar-refractivity contribution in [1.29, 1.82) is 0 Å². The lowest BCUT2D eigenvalue weighted by molar-refractivity contribution is 0.589. The zero-order chi connectivity index (χ0) is 11.7. The van der Waals surface area contributed by atoms with Crippen LogP contribution in [0.2, 0.25) is 0 Å². The van der Waals surface area contributed by atoms with Crippen LogP contribution in [0.15, 0.2) is 40.9 Å². The summed E-state index contributed by atoms with van der Waals surface area (Å²) in [4.78, 5) is 0. The molecular weight excluding hydrogens is 281 g/mol. The third-order valence-electron chi connectivity index (χ3n) is 2.16. The van der Waals surface area contributed by atoms with Gasteiger partial charge in [0.05, 0.1) is 5.56 Å². The van der Waals surface area contributed by atoms with Crippen LogP contribution in [0.25, 0.3) is 11.1 Å². The topological polar surface area (TPSA) is 0 Å². The molecule has 0 aliphatic rings. The maximum Gasteiger partial charge on any atom is 0.134 e. The van der Waals surface area contributed by atoms with Crippen molar-refractivity contribution >= 4 is 15.9 Å². The van der Waals surface area contributed by atoms with Crippen LogP contribution in [0.4, 0.5) is 13.2 Å². The molecule has 0 radical (unpaired) electrons. The molecule has 0 aliphatic carbocycles. The van der Waals surface area contributed by atoms with E-state index in [1.807, 2.05) is 0 Å². The minimum absolute atomic E-state index is 0.158. The summed E-state index contributed by atoms with van der Waals surface area (Å²) in [5.74, 6) is -1.81. The second-order valence-electron chi connectivity index (χ2n) is 3.22. The molecule has 4 heteroatoms. The number of hydrogen-bond acceptors (Lipinski definition) is 0. The molecule has 0 spiro atoms. The summed E-state index contributed by atoms with van der Waals surface area (Å²) < 4.78 is 40.1. The molecule has 0 aromatic heterocycles. The Hall–Kier alpha value is -1.29. The van der Waals surface area contributed by atoms with Crippen molar-refractivity contribution in [3.05, 3.63) is 58.3 Å². The van der Waals surface area contributed by atoms with Gasteiger partial charge in [0.2, 0.25) is 0 Å². The van der Waals surface area contributed by atoms with Crippen molar-refractivity contribution < 1.29 is 13.2 Å². The van der Waals surface area contributed by atoms with E-state index in [-0.39, 0.29) is 11.1 Å². The highest BCUT2D eigenvalue weighted by Crippen LogP contribution is 2.32. The molecular formula is C12H6BrF3. The van der Waals surface area contributed by atoms with Crippen molar-refractivity contribution in [2.75, 3.05) is 0 Å². The molecule has 0 nitrogen and oxygen atoms in total. The summed E-state index contributed by atoms with van der Waals surface area (Å²) >= 11 is 3.08. The number of hydrogen-bond donors (Lipinski definition) is 0. The third kappa shape index (κ3) is 1.97. The quantitative estimate of drug-likeness (QED) is 0.722. The van der Waals surface area contributed by atoms with E-state index in [0.717, 1.165) is 18.2 Å². The molecule has 0 bridgehead atoms. The lowest BCUT2D eigenvalue weighted by Gasteiger charge is -2.07. The smallest absolute Gasteiger partial charge is 0.134 e. The summed E-state index contributed by atoms with van der Waals surface area (Å²) in [7, 11) is 0. The highest BCUT2D eigenvalue weighted by molar-refractivity contribution is 9.10. The Labute approximate surface area is 98.9 Å². The fraction of sp³-hybridized carbons (Fsp3) is 0. The summed E-state index contributed by atoms with van der Waals surface area (Å²) in [6.07, 6.45) is 0. The van der Waals surface area contributed by atoms with E-state index >= 15 is 0 Å². The Morgan fingerprint density at radius 1 is 0.875 bits per heavy atom. The summed E-state index contributed by atoms with van der Waals surface area (Å²) in [6, 6.07) is 7.27. The van der Waals surface area contributed by atoms with Gasteiger partial charge in [0.1, 0.15) is 17.5 Å². The van der Waals surface area contributed by atoms with Crippen molar-refractivity contribution in [2.45, 2.75) is 0 Å². The molecule has 2 aromatic carbocycles. The van der Waals surface area contributed by atoms with Crippen LogP contribution in [0.5, 0.6) is 0 Å². The van der Waals surface area contributed by atoms with E-state index in [9.17, 15) is 13.2 Å². The van der Waals surface area contributed by atoms with Gasteiger partial charge in [0, 0.05) is 10.0 Å². The van der Waals surface area contributed by atoms with E-state index in [4.69, 9.17) is 0 Å². The Morgan fingerprint density at radius 2 is 1.50 bits per heavy atom. The average molecular weight is 287 g/mol. The lowest BCUT2D eigenvalue weighted by Crippen LogP contribution is -1.91. The Balaban J connectivity index is 2.68. The third-order valence-corrected chi connectivity index (χ3v) is 2.82. The molecule has 0 amide bonds. The molecule has 0 heterocycles. The fourth-order valence-electron chi connectivity index (χ4n) is 1.45. The predicted octanol–water partition coefficient (Wildman–Crippen LogP) is 4.53. The standard InChI is InChI=1S/C12H6BrF3/c13-9-6-7(14)4-5-8(9)12-10(15)2-1-3-11(12)16/h1-6H. The van der Waals surface area contributed by atoms with Gasteiger partial charge >= 0.3 is 0 Å². The second-order valence-corrected chi connectivity index (χ2v) is 4.08. The van der Waals surface area contributed by atoms with Crippen LogP contribution >= 0.6 is 15.9 Å². The van der Waals surface area contributed by atoms with Crippen LogP contribution in [0.3, 0.4) is 0 Å². The van der Waals surface area contributed by atoms with E-state index in [2.05, 4.69) is 15.9 Å². The van der Waals surface area contributed by atoms with E-state index in [1.165, 1.54) is 18.2 Å². The van der Waals surface area contributed by atoms with E-state index in [1.54, 1.807) is 0 Å². The largest absolute Gasteiger partial charge is 0.207 e. The molecule has 0 saturated heterocycles. The Morgan fingerprint density at radius 3 is 2.06 bits per heavy atom. The zero-order valence-electron chi connectivity index (χ0n) is 7.98. The first-order valence-corrected chi connectivity index (χ1v) is 5.28. The van der Waals surface area contributed by atoms with E-state index < -0.39 is 17.5 Å². The first kappa shape index (κ1) is 11.2. The van der Waals surface area contributed by atoms with Gasteiger partial charge in [-0.25, -0.2) is 13.2 Å². The van der Waals surface area contributed by atoms with Gasteiger partial charge in [-0.3, -0.25) is 0 Å². The van der Waals surface area contributed by atoms with Gasteiger partial charge in [-0.2, -0.15) is 0 Å².